The molecule has 0 bridgehead atoms. The number of nitrogens with two attached hydrogens (primary N) is 1. The van der Waals surface area contributed by atoms with Gasteiger partial charge in [0.15, 0.2) is 0 Å². The van der Waals surface area contributed by atoms with Crippen molar-refractivity contribution in [2.45, 2.75) is 19.8 Å². The lowest BCUT2D eigenvalue weighted by Gasteiger charge is -2.15. The summed E-state index contributed by atoms with van der Waals surface area (Å²) in [5, 5.41) is 3.20. The molecule has 2 rings (SSSR count). The summed E-state index contributed by atoms with van der Waals surface area (Å²) in [5.41, 5.74) is 6.70. The number of benzene rings is 1. The fourth-order valence-corrected chi connectivity index (χ4v) is 2.38. The molecule has 0 radical (unpaired) electrons. The Hall–Kier alpha value is -1.75. The molecule has 1 aliphatic heterocycles. The van der Waals surface area contributed by atoms with E-state index in [1.165, 1.54) is 0 Å². The first kappa shape index (κ1) is 14.7. The van der Waals surface area contributed by atoms with Gasteiger partial charge in [0.1, 0.15) is 0 Å². The molecule has 5 nitrogen and oxygen atoms in total. The predicted octanol–water partition coefficient (Wildman–Crippen LogP) is 2.12. The van der Waals surface area contributed by atoms with Crippen molar-refractivity contribution in [3.8, 4) is 0 Å². The van der Waals surface area contributed by atoms with Gasteiger partial charge in [0.25, 0.3) is 0 Å². The molecule has 1 saturated heterocycles. The van der Waals surface area contributed by atoms with Crippen LogP contribution in [0.4, 0.5) is 11.4 Å². The van der Waals surface area contributed by atoms with Gasteiger partial charge in [0.2, 0.25) is 11.8 Å². The van der Waals surface area contributed by atoms with Crippen molar-refractivity contribution in [1.29, 1.82) is 0 Å². The highest BCUT2D eigenvalue weighted by molar-refractivity contribution is 6.33. The zero-order chi connectivity index (χ0) is 14.7. The molecule has 1 aromatic carbocycles. The van der Waals surface area contributed by atoms with Gasteiger partial charge in [-0.25, -0.2) is 0 Å². The maximum absolute atomic E-state index is 11.8. The second-order valence-electron chi connectivity index (χ2n) is 5.18. The van der Waals surface area contributed by atoms with E-state index in [4.69, 9.17) is 17.3 Å². The summed E-state index contributed by atoms with van der Waals surface area (Å²) >= 11 is 5.81. The summed E-state index contributed by atoms with van der Waals surface area (Å²) in [4.78, 5) is 25.2. The van der Waals surface area contributed by atoms with Gasteiger partial charge in [-0.15, -0.1) is 0 Å². The van der Waals surface area contributed by atoms with Crippen LogP contribution in [0.5, 0.6) is 0 Å². The van der Waals surface area contributed by atoms with Crippen molar-refractivity contribution in [3.63, 3.8) is 0 Å². The average molecular weight is 296 g/mol. The Morgan fingerprint density at radius 3 is 2.90 bits per heavy atom. The molecule has 1 fully saturated rings. The van der Waals surface area contributed by atoms with Crippen LogP contribution in [0.25, 0.3) is 0 Å². The summed E-state index contributed by atoms with van der Waals surface area (Å²) in [7, 11) is 0. The summed E-state index contributed by atoms with van der Waals surface area (Å²) < 4.78 is 0. The van der Waals surface area contributed by atoms with Gasteiger partial charge in [-0.2, -0.15) is 0 Å². The minimum atomic E-state index is -0.140. The second kappa shape index (κ2) is 6.13. The zero-order valence-electron chi connectivity index (χ0n) is 11.4. The molecular weight excluding hydrogens is 278 g/mol. The first-order valence-electron chi connectivity index (χ1n) is 6.58. The molecule has 0 saturated carbocycles. The number of nitrogens with one attached hydrogen (secondary N) is 1. The van der Waals surface area contributed by atoms with E-state index >= 15 is 0 Å². The number of carbonyl (C=O) groups excluding carboxylic acids is 2. The molecule has 6 heteroatoms. The summed E-state index contributed by atoms with van der Waals surface area (Å²) in [6.07, 6.45) is 0.857. The van der Waals surface area contributed by atoms with Gasteiger partial charge in [0, 0.05) is 31.6 Å². The Kier molecular flexibility index (Phi) is 4.49. The maximum Gasteiger partial charge on any atom is 0.226 e. The number of rotatable bonds is 4. The Morgan fingerprint density at radius 2 is 2.30 bits per heavy atom. The number of nitrogens with zero attached hydrogens (tertiary/aromatic N) is 1. The van der Waals surface area contributed by atoms with Gasteiger partial charge in [0.05, 0.1) is 10.7 Å². The molecule has 1 aromatic rings. The first-order chi connectivity index (χ1) is 9.45. The summed E-state index contributed by atoms with van der Waals surface area (Å²) in [6.45, 7) is 3.23. The minimum Gasteiger partial charge on any atom is -0.397 e. The van der Waals surface area contributed by atoms with Gasteiger partial charge in [-0.1, -0.05) is 18.5 Å². The van der Waals surface area contributed by atoms with Gasteiger partial charge in [-0.3, -0.25) is 9.59 Å². The van der Waals surface area contributed by atoms with Crippen LogP contribution in [-0.4, -0.2) is 29.8 Å². The van der Waals surface area contributed by atoms with Crippen LogP contribution < -0.4 is 11.1 Å². The molecule has 0 spiro atoms. The highest BCUT2D eigenvalue weighted by Crippen LogP contribution is 2.22. The monoisotopic (exact) mass is 295 g/mol. The largest absolute Gasteiger partial charge is 0.397 e. The fourth-order valence-electron chi connectivity index (χ4n) is 2.27. The third-order valence-electron chi connectivity index (χ3n) is 3.30. The van der Waals surface area contributed by atoms with Crippen LogP contribution in [0.15, 0.2) is 18.2 Å². The van der Waals surface area contributed by atoms with Gasteiger partial charge in [-0.05, 0) is 24.1 Å². The summed E-state index contributed by atoms with van der Waals surface area (Å²) in [5.74, 6) is 0.363. The van der Waals surface area contributed by atoms with Gasteiger partial charge >= 0.3 is 0 Å². The molecule has 1 atom stereocenters. The quantitative estimate of drug-likeness (QED) is 0.836. The third-order valence-corrected chi connectivity index (χ3v) is 3.64. The van der Waals surface area contributed by atoms with Crippen LogP contribution in [-0.2, 0) is 9.59 Å². The number of likely N-dealkylation sites (tertiary alicyclic amines) is 1. The standard InChI is InChI=1S/C14H18ClN3O2/c1-9-6-14(20)18(8-9)5-4-13(19)17-10-2-3-11(15)12(16)7-10/h2-3,7,9H,4-6,8,16H2,1H3,(H,17,19). The van der Waals surface area contributed by atoms with E-state index in [1.54, 1.807) is 23.1 Å². The van der Waals surface area contributed by atoms with Crippen molar-refractivity contribution in [2.24, 2.45) is 5.92 Å². The summed E-state index contributed by atoms with van der Waals surface area (Å²) in [6, 6.07) is 4.95. The molecule has 0 aromatic heterocycles. The lowest BCUT2D eigenvalue weighted by molar-refractivity contribution is -0.128. The first-order valence-corrected chi connectivity index (χ1v) is 6.96. The Bertz CT molecular complexity index is 533. The average Bonchev–Trinajstić information content (AvgIpc) is 2.70. The highest BCUT2D eigenvalue weighted by atomic mass is 35.5. The van der Waals surface area contributed by atoms with Crippen LogP contribution in [0.1, 0.15) is 19.8 Å². The van der Waals surface area contributed by atoms with E-state index in [2.05, 4.69) is 5.32 Å². The van der Waals surface area contributed by atoms with E-state index in [9.17, 15) is 9.59 Å². The number of nitrogen functional groups attached to an aromatic ring is 1. The SMILES string of the molecule is CC1CC(=O)N(CCC(=O)Nc2ccc(Cl)c(N)c2)C1. The number of hydrogen-bond acceptors (Lipinski definition) is 3. The number of carbonyl (C=O) groups is 2. The Labute approximate surface area is 123 Å². The zero-order valence-corrected chi connectivity index (χ0v) is 12.1. The number of anilines is 2. The topological polar surface area (TPSA) is 75.4 Å². The van der Waals surface area contributed by atoms with Crippen molar-refractivity contribution in [3.05, 3.63) is 23.2 Å². The van der Waals surface area contributed by atoms with E-state index in [0.29, 0.717) is 35.3 Å². The molecule has 1 heterocycles. The number of amides is 2. The maximum atomic E-state index is 11.8. The molecule has 20 heavy (non-hydrogen) atoms. The normalized spacial score (nSPS) is 18.4. The Balaban J connectivity index is 1.83. The van der Waals surface area contributed by atoms with Crippen LogP contribution >= 0.6 is 11.6 Å². The minimum absolute atomic E-state index is 0.126. The molecule has 108 valence electrons. The molecule has 1 aliphatic rings. The fraction of sp³-hybridized carbons (Fsp3) is 0.429. The predicted molar refractivity (Wildman–Crippen MR) is 79.5 cm³/mol. The van der Waals surface area contributed by atoms with E-state index in [1.807, 2.05) is 6.92 Å². The van der Waals surface area contributed by atoms with Crippen molar-refractivity contribution in [1.82, 2.24) is 4.90 Å². The molecule has 2 amide bonds. The second-order valence-corrected chi connectivity index (χ2v) is 5.59. The lowest BCUT2D eigenvalue weighted by Crippen LogP contribution is -2.29. The number of hydrogen-bond donors (Lipinski definition) is 2. The van der Waals surface area contributed by atoms with Crippen molar-refractivity contribution >= 4 is 34.8 Å². The number of halogens is 1. The van der Waals surface area contributed by atoms with E-state index < -0.39 is 0 Å². The van der Waals surface area contributed by atoms with E-state index in [0.717, 1.165) is 6.54 Å². The molecular formula is C14H18ClN3O2. The van der Waals surface area contributed by atoms with Crippen molar-refractivity contribution in [2.75, 3.05) is 24.1 Å². The molecule has 3 N–H and O–H groups in total. The third kappa shape index (κ3) is 3.63. The van der Waals surface area contributed by atoms with Gasteiger partial charge < -0.3 is 16.0 Å². The Morgan fingerprint density at radius 1 is 1.55 bits per heavy atom. The molecule has 1 unspecified atom stereocenters. The lowest BCUT2D eigenvalue weighted by atomic mass is 10.2. The van der Waals surface area contributed by atoms with Crippen molar-refractivity contribution < 1.29 is 9.59 Å². The van der Waals surface area contributed by atoms with Crippen LogP contribution in [0.3, 0.4) is 0 Å². The highest BCUT2D eigenvalue weighted by Gasteiger charge is 2.26. The smallest absolute Gasteiger partial charge is 0.226 e. The van der Waals surface area contributed by atoms with E-state index in [-0.39, 0.29) is 18.2 Å². The molecule has 0 aliphatic carbocycles. The van der Waals surface area contributed by atoms with Crippen LogP contribution in [0.2, 0.25) is 5.02 Å². The van der Waals surface area contributed by atoms with Crippen LogP contribution in [0, 0.1) is 5.92 Å².